The molecule has 6 atom stereocenters. The molecule has 3 aliphatic rings. The fraction of sp³-hybridized carbons (Fsp3) is 0.568. The van der Waals surface area contributed by atoms with Crippen molar-refractivity contribution >= 4 is 11.7 Å². The number of benzene rings is 1. The summed E-state index contributed by atoms with van der Waals surface area (Å²) >= 11 is 0. The van der Waals surface area contributed by atoms with E-state index in [4.69, 9.17) is 24.2 Å². The van der Waals surface area contributed by atoms with Gasteiger partial charge in [0.05, 0.1) is 24.4 Å². The molecule has 0 radical (unpaired) electrons. The highest BCUT2D eigenvalue weighted by Crippen LogP contribution is 2.63. The molecule has 2 aromatic rings. The van der Waals surface area contributed by atoms with Crippen LogP contribution in [0, 0.1) is 17.8 Å². The van der Waals surface area contributed by atoms with Crippen LogP contribution in [0.4, 0.5) is 0 Å². The molecule has 0 amide bonds. The molecule has 1 fully saturated rings. The summed E-state index contributed by atoms with van der Waals surface area (Å²) in [5, 5.41) is 42.7. The van der Waals surface area contributed by atoms with Gasteiger partial charge in [-0.25, -0.2) is 9.48 Å². The number of hydrogen-bond acceptors (Lipinski definition) is 10. The van der Waals surface area contributed by atoms with Crippen LogP contribution in [-0.4, -0.2) is 79.8 Å². The number of ether oxygens (including phenoxy) is 3. The number of hydrogen-bond donors (Lipinski definition) is 3. The van der Waals surface area contributed by atoms with Gasteiger partial charge in [-0.15, -0.1) is 11.7 Å². The van der Waals surface area contributed by atoms with E-state index in [1.54, 1.807) is 12.2 Å². The number of unbranched alkanes of at least 4 members (excludes halogenated alkanes) is 2. The molecule has 1 aromatic heterocycles. The van der Waals surface area contributed by atoms with Gasteiger partial charge in [0.1, 0.15) is 29.7 Å². The lowest BCUT2D eigenvalue weighted by Crippen LogP contribution is -2.63. The average Bonchev–Trinajstić information content (AvgIpc) is 3.57. The molecule has 1 saturated carbocycles. The average molecular weight is 679 g/mol. The largest absolute Gasteiger partial charge is 0.490 e. The molecule has 0 saturated heterocycles. The third-order valence-electron chi connectivity index (χ3n) is 9.53. The number of nitrogens with zero attached hydrogens (tertiary/aromatic N) is 4. The highest BCUT2D eigenvalue weighted by Gasteiger charge is 2.65. The minimum Gasteiger partial charge on any atom is -0.490 e. The predicted molar refractivity (Wildman–Crippen MR) is 184 cm³/mol. The molecule has 49 heavy (non-hydrogen) atoms. The zero-order valence-corrected chi connectivity index (χ0v) is 28.8. The van der Waals surface area contributed by atoms with Crippen molar-refractivity contribution in [1.29, 1.82) is 0 Å². The summed E-state index contributed by atoms with van der Waals surface area (Å²) in [5.74, 6) is -1.85. The number of carboxylic acid groups (broad SMARTS) is 1. The van der Waals surface area contributed by atoms with Crippen LogP contribution in [0.5, 0.6) is 11.5 Å². The molecular formula is C37H50N4O8. The first-order valence-electron chi connectivity index (χ1n) is 17.2. The van der Waals surface area contributed by atoms with Crippen molar-refractivity contribution in [2.24, 2.45) is 22.9 Å². The Hall–Kier alpha value is -4.00. The van der Waals surface area contributed by atoms with Crippen LogP contribution >= 0.6 is 0 Å². The number of aromatic nitrogens is 3. The first-order chi connectivity index (χ1) is 23.6. The van der Waals surface area contributed by atoms with Crippen molar-refractivity contribution in [3.8, 4) is 11.5 Å². The first kappa shape index (κ1) is 36.3. The van der Waals surface area contributed by atoms with E-state index >= 15 is 0 Å². The molecule has 5 rings (SSSR count). The molecular weight excluding hydrogens is 628 g/mol. The second-order valence-electron chi connectivity index (χ2n) is 13.9. The molecule has 266 valence electrons. The SMILES string of the molecule is C=CCOc1ccc2c(c1)[C@H]1[C@H](CCCCO)[C@@H](CCCCO)C=C3C(=NOC(C)(C)C)C[C@H](n4nncc4C(=O)O)[C@@](OCC=C)(O2)[C@H]31. The van der Waals surface area contributed by atoms with E-state index in [9.17, 15) is 20.1 Å². The highest BCUT2D eigenvalue weighted by atomic mass is 16.7. The van der Waals surface area contributed by atoms with Crippen LogP contribution in [0.25, 0.3) is 0 Å². The maximum atomic E-state index is 12.5. The highest BCUT2D eigenvalue weighted by molar-refractivity contribution is 6.02. The number of aliphatic hydroxyl groups is 2. The number of carbonyl (C=O) groups is 1. The van der Waals surface area contributed by atoms with E-state index in [0.717, 1.165) is 36.8 Å². The minimum atomic E-state index is -1.44. The smallest absolute Gasteiger partial charge is 0.355 e. The number of allylic oxidation sites excluding steroid dienone is 1. The van der Waals surface area contributed by atoms with Gasteiger partial charge in [0.15, 0.2) is 5.69 Å². The van der Waals surface area contributed by atoms with Gasteiger partial charge >= 0.3 is 5.97 Å². The van der Waals surface area contributed by atoms with Crippen molar-refractivity contribution in [2.75, 3.05) is 26.4 Å². The van der Waals surface area contributed by atoms with Gasteiger partial charge in [-0.3, -0.25) is 0 Å². The zero-order valence-electron chi connectivity index (χ0n) is 28.8. The Morgan fingerprint density at radius 3 is 2.53 bits per heavy atom. The summed E-state index contributed by atoms with van der Waals surface area (Å²) in [6, 6.07) is 4.96. The topological polar surface area (TPSA) is 158 Å². The van der Waals surface area contributed by atoms with Gasteiger partial charge in [0, 0.05) is 31.1 Å². The van der Waals surface area contributed by atoms with Crippen molar-refractivity contribution < 1.29 is 39.2 Å². The standard InChI is InChI=1S/C37H50N4O8/c1-6-18-46-25-14-15-31-28(21-25)33-26(13-9-11-17-43)24(12-8-10-16-42)20-27-29(39-49-36(3,4)5)22-32(41-30(35(44)45)23-38-40-41)37(48-31,34(27)33)47-19-7-2/h6-7,14-15,20-21,23-24,26,32-34,42-43H,1-2,8-13,16-19,22H2,3-5H3,(H,44,45)/t24-,26+,32-,33+,34+,37+/m0/s1. The molecule has 1 aliphatic heterocycles. The molecule has 12 nitrogen and oxygen atoms in total. The lowest BCUT2D eigenvalue weighted by molar-refractivity contribution is -0.252. The summed E-state index contributed by atoms with van der Waals surface area (Å²) in [6.45, 7) is 14.2. The van der Waals surface area contributed by atoms with Crippen molar-refractivity contribution in [1.82, 2.24) is 15.0 Å². The third kappa shape index (κ3) is 7.61. The lowest BCUT2D eigenvalue weighted by atomic mass is 9.55. The summed E-state index contributed by atoms with van der Waals surface area (Å²) < 4.78 is 21.3. The fourth-order valence-corrected chi connectivity index (χ4v) is 7.64. The monoisotopic (exact) mass is 678 g/mol. The predicted octanol–water partition coefficient (Wildman–Crippen LogP) is 5.85. The van der Waals surface area contributed by atoms with E-state index in [-0.39, 0.29) is 49.7 Å². The van der Waals surface area contributed by atoms with Crippen LogP contribution in [0.15, 0.2) is 66.5 Å². The van der Waals surface area contributed by atoms with Crippen molar-refractivity contribution in [3.05, 3.63) is 72.6 Å². The van der Waals surface area contributed by atoms with Gasteiger partial charge in [0.25, 0.3) is 0 Å². The quantitative estimate of drug-likeness (QED) is 0.105. The summed E-state index contributed by atoms with van der Waals surface area (Å²) in [4.78, 5) is 18.6. The summed E-state index contributed by atoms with van der Waals surface area (Å²) in [5.41, 5.74) is 1.83. The molecule has 12 heteroatoms. The van der Waals surface area contributed by atoms with Gasteiger partial charge in [-0.2, -0.15) is 0 Å². The van der Waals surface area contributed by atoms with Gasteiger partial charge in [-0.1, -0.05) is 48.0 Å². The molecule has 1 aromatic carbocycles. The number of carboxylic acids is 1. The second kappa shape index (κ2) is 15.7. The van der Waals surface area contributed by atoms with Crippen LogP contribution in [-0.2, 0) is 9.57 Å². The van der Waals surface area contributed by atoms with Crippen LogP contribution < -0.4 is 9.47 Å². The summed E-state index contributed by atoms with van der Waals surface area (Å²) in [7, 11) is 0. The number of aliphatic hydroxyl groups excluding tert-OH is 2. The third-order valence-corrected chi connectivity index (χ3v) is 9.53. The van der Waals surface area contributed by atoms with Gasteiger partial charge < -0.3 is 34.4 Å². The Balaban J connectivity index is 1.81. The summed E-state index contributed by atoms with van der Waals surface area (Å²) in [6.07, 6.45) is 11.7. The number of fused-ring (bicyclic) bond motifs is 2. The number of aromatic carboxylic acids is 1. The van der Waals surface area contributed by atoms with Gasteiger partial charge in [0.2, 0.25) is 5.79 Å². The van der Waals surface area contributed by atoms with E-state index in [2.05, 4.69) is 29.5 Å². The van der Waals surface area contributed by atoms with E-state index in [1.807, 2.05) is 39.0 Å². The Bertz CT molecular complexity index is 1540. The van der Waals surface area contributed by atoms with Gasteiger partial charge in [-0.05, 0) is 82.1 Å². The maximum absolute atomic E-state index is 12.5. The zero-order chi connectivity index (χ0) is 35.2. The van der Waals surface area contributed by atoms with Crippen molar-refractivity contribution in [2.45, 2.75) is 89.1 Å². The minimum absolute atomic E-state index is 0.0706. The molecule has 2 aliphatic carbocycles. The Morgan fingerprint density at radius 1 is 1.12 bits per heavy atom. The molecule has 0 spiro atoms. The Kier molecular flexibility index (Phi) is 11.6. The second-order valence-corrected chi connectivity index (χ2v) is 13.9. The maximum Gasteiger partial charge on any atom is 0.355 e. The molecule has 0 bridgehead atoms. The van der Waals surface area contributed by atoms with E-state index in [1.165, 1.54) is 10.9 Å². The number of rotatable bonds is 17. The molecule has 0 unspecified atom stereocenters. The van der Waals surface area contributed by atoms with Crippen LogP contribution in [0.3, 0.4) is 0 Å². The van der Waals surface area contributed by atoms with Crippen LogP contribution in [0.2, 0.25) is 0 Å². The lowest BCUT2D eigenvalue weighted by Gasteiger charge is -2.58. The molecule has 2 heterocycles. The Morgan fingerprint density at radius 2 is 1.86 bits per heavy atom. The normalized spacial score (nSPS) is 26.6. The first-order valence-corrected chi connectivity index (χ1v) is 17.2. The number of oxime groups is 1. The van der Waals surface area contributed by atoms with E-state index in [0.29, 0.717) is 36.7 Å². The van der Waals surface area contributed by atoms with Crippen molar-refractivity contribution in [3.63, 3.8) is 0 Å². The fourth-order valence-electron chi connectivity index (χ4n) is 7.64. The van der Waals surface area contributed by atoms with E-state index < -0.39 is 29.3 Å². The van der Waals surface area contributed by atoms with Crippen LogP contribution in [0.1, 0.15) is 93.7 Å². The Labute approximate surface area is 288 Å². The molecule has 3 N–H and O–H groups in total.